The fraction of sp³-hybridized carbons (Fsp3) is 0.611. The lowest BCUT2D eigenvalue weighted by Gasteiger charge is -2.28. The van der Waals surface area contributed by atoms with Crippen molar-refractivity contribution < 1.29 is 4.21 Å². The molecule has 0 amide bonds. The Balaban J connectivity index is 0.00000288. The maximum Gasteiger partial charge on any atom is 0.191 e. The third kappa shape index (κ3) is 7.96. The molecule has 0 saturated heterocycles. The summed E-state index contributed by atoms with van der Waals surface area (Å²) in [7, 11) is 0.947. The Kier molecular flexibility index (Phi) is 10.6. The van der Waals surface area contributed by atoms with E-state index in [4.69, 9.17) is 0 Å². The minimum atomic E-state index is -0.846. The standard InChI is InChI=1S/C18H29N3OS.HI/c1-15-8-10-17(11-9-15)21-18(19-2)20-12-13-23(22)14-16-6-4-3-5-7-16;/h3-7,15,17H,8-14H2,1-2H3,(H2,19,20,21);1H. The lowest BCUT2D eigenvalue weighted by molar-refractivity contribution is 0.329. The van der Waals surface area contributed by atoms with Crippen LogP contribution in [0.1, 0.15) is 38.2 Å². The van der Waals surface area contributed by atoms with E-state index in [-0.39, 0.29) is 24.0 Å². The van der Waals surface area contributed by atoms with Crippen LogP contribution in [0.15, 0.2) is 35.3 Å². The van der Waals surface area contributed by atoms with E-state index in [1.54, 1.807) is 7.05 Å². The van der Waals surface area contributed by atoms with Gasteiger partial charge >= 0.3 is 0 Å². The molecule has 1 atom stereocenters. The minimum Gasteiger partial charge on any atom is -0.355 e. The van der Waals surface area contributed by atoms with Gasteiger partial charge in [0.05, 0.1) is 0 Å². The number of hydrogen-bond donors (Lipinski definition) is 2. The summed E-state index contributed by atoms with van der Waals surface area (Å²) in [6.07, 6.45) is 5.00. The molecule has 1 aliphatic rings. The molecule has 1 fully saturated rings. The highest BCUT2D eigenvalue weighted by Crippen LogP contribution is 2.23. The third-order valence-corrected chi connectivity index (χ3v) is 5.69. The summed E-state index contributed by atoms with van der Waals surface area (Å²) in [6.45, 7) is 3.01. The van der Waals surface area contributed by atoms with E-state index in [0.717, 1.165) is 17.4 Å². The monoisotopic (exact) mass is 463 g/mol. The maximum atomic E-state index is 12.1. The number of nitrogens with one attached hydrogen (secondary N) is 2. The number of hydrogen-bond acceptors (Lipinski definition) is 2. The first-order valence-electron chi connectivity index (χ1n) is 8.53. The molecule has 24 heavy (non-hydrogen) atoms. The largest absolute Gasteiger partial charge is 0.355 e. The van der Waals surface area contributed by atoms with Crippen molar-refractivity contribution >= 4 is 40.7 Å². The summed E-state index contributed by atoms with van der Waals surface area (Å²) in [6, 6.07) is 10.5. The first-order chi connectivity index (χ1) is 11.2. The van der Waals surface area contributed by atoms with Crippen LogP contribution in [-0.2, 0) is 16.6 Å². The van der Waals surface area contributed by atoms with Gasteiger partial charge in [0.15, 0.2) is 5.96 Å². The van der Waals surface area contributed by atoms with Crippen molar-refractivity contribution in [1.29, 1.82) is 0 Å². The maximum absolute atomic E-state index is 12.1. The van der Waals surface area contributed by atoms with Gasteiger partial charge in [-0.1, -0.05) is 37.3 Å². The highest BCUT2D eigenvalue weighted by atomic mass is 127. The number of nitrogens with zero attached hydrogens (tertiary/aromatic N) is 1. The molecule has 4 nitrogen and oxygen atoms in total. The smallest absolute Gasteiger partial charge is 0.191 e. The normalized spacial score (nSPS) is 22.3. The molecule has 0 heterocycles. The van der Waals surface area contributed by atoms with Crippen molar-refractivity contribution in [3.05, 3.63) is 35.9 Å². The zero-order chi connectivity index (χ0) is 16.5. The molecule has 2 N–H and O–H groups in total. The van der Waals surface area contributed by atoms with E-state index in [9.17, 15) is 4.21 Å². The first kappa shape index (κ1) is 21.4. The van der Waals surface area contributed by atoms with E-state index in [1.165, 1.54) is 25.7 Å². The predicted molar refractivity (Wildman–Crippen MR) is 114 cm³/mol. The molecular formula is C18H30IN3OS. The predicted octanol–water partition coefficient (Wildman–Crippen LogP) is 3.30. The Bertz CT molecular complexity index is 516. The summed E-state index contributed by atoms with van der Waals surface area (Å²) < 4.78 is 12.1. The molecule has 1 unspecified atom stereocenters. The topological polar surface area (TPSA) is 53.5 Å². The van der Waals surface area contributed by atoms with Crippen LogP contribution in [0, 0.1) is 5.92 Å². The van der Waals surface area contributed by atoms with E-state index in [1.807, 2.05) is 30.3 Å². The zero-order valence-corrected chi connectivity index (χ0v) is 17.8. The van der Waals surface area contributed by atoms with Crippen molar-refractivity contribution in [3.63, 3.8) is 0 Å². The van der Waals surface area contributed by atoms with Gasteiger partial charge in [-0.05, 0) is 37.2 Å². The average molecular weight is 463 g/mol. The van der Waals surface area contributed by atoms with Crippen LogP contribution in [0.5, 0.6) is 0 Å². The van der Waals surface area contributed by atoms with Gasteiger partial charge in [0.2, 0.25) is 0 Å². The Morgan fingerprint density at radius 3 is 2.50 bits per heavy atom. The van der Waals surface area contributed by atoms with Gasteiger partial charge in [0.25, 0.3) is 0 Å². The summed E-state index contributed by atoms with van der Waals surface area (Å²) in [5.41, 5.74) is 1.13. The van der Waals surface area contributed by atoms with E-state index in [0.29, 0.717) is 24.1 Å². The van der Waals surface area contributed by atoms with Crippen LogP contribution in [0.2, 0.25) is 0 Å². The highest BCUT2D eigenvalue weighted by molar-refractivity contribution is 14.0. The molecule has 2 rings (SSSR count). The van der Waals surface area contributed by atoms with Crippen LogP contribution >= 0.6 is 24.0 Å². The molecule has 1 saturated carbocycles. The summed E-state index contributed by atoms with van der Waals surface area (Å²) in [5.74, 6) is 2.94. The van der Waals surface area contributed by atoms with Crippen LogP contribution in [-0.4, -0.2) is 35.6 Å². The van der Waals surface area contributed by atoms with Gasteiger partial charge in [0.1, 0.15) is 0 Å². The van der Waals surface area contributed by atoms with Gasteiger partial charge in [-0.25, -0.2) is 0 Å². The molecule has 0 spiro atoms. The Morgan fingerprint density at radius 2 is 1.88 bits per heavy atom. The molecule has 6 heteroatoms. The molecular weight excluding hydrogens is 433 g/mol. The molecule has 1 aromatic rings. The lowest BCUT2D eigenvalue weighted by atomic mass is 9.87. The van der Waals surface area contributed by atoms with E-state index >= 15 is 0 Å². The lowest BCUT2D eigenvalue weighted by Crippen LogP contribution is -2.45. The van der Waals surface area contributed by atoms with Gasteiger partial charge in [-0.15, -0.1) is 24.0 Å². The Labute approximate surface area is 165 Å². The number of aliphatic imine (C=N–C) groups is 1. The van der Waals surface area contributed by atoms with E-state index in [2.05, 4.69) is 22.5 Å². The first-order valence-corrected chi connectivity index (χ1v) is 10.0. The number of guanidine groups is 1. The van der Waals surface area contributed by atoms with Crippen molar-refractivity contribution in [1.82, 2.24) is 10.6 Å². The molecule has 136 valence electrons. The molecule has 1 aliphatic carbocycles. The van der Waals surface area contributed by atoms with Gasteiger partial charge < -0.3 is 10.6 Å². The second-order valence-corrected chi connectivity index (χ2v) is 7.95. The molecule has 1 aromatic carbocycles. The average Bonchev–Trinajstić information content (AvgIpc) is 2.56. The number of rotatable bonds is 6. The van der Waals surface area contributed by atoms with Crippen LogP contribution < -0.4 is 10.6 Å². The van der Waals surface area contributed by atoms with Crippen molar-refractivity contribution in [2.24, 2.45) is 10.9 Å². The minimum absolute atomic E-state index is 0. The second-order valence-electron chi connectivity index (χ2n) is 6.37. The molecule has 0 aromatic heterocycles. The highest BCUT2D eigenvalue weighted by Gasteiger charge is 2.18. The van der Waals surface area contributed by atoms with Crippen LogP contribution in [0.25, 0.3) is 0 Å². The van der Waals surface area contributed by atoms with Gasteiger partial charge in [-0.3, -0.25) is 9.20 Å². The summed E-state index contributed by atoms with van der Waals surface area (Å²) in [5, 5.41) is 6.78. The van der Waals surface area contributed by atoms with E-state index < -0.39 is 10.8 Å². The quantitative estimate of drug-likeness (QED) is 0.387. The Morgan fingerprint density at radius 1 is 1.21 bits per heavy atom. The SMILES string of the molecule is CN=C(NCCS(=O)Cc1ccccc1)NC1CCC(C)CC1.I. The molecule has 0 bridgehead atoms. The Hall–Kier alpha value is -0.630. The van der Waals surface area contributed by atoms with Crippen molar-refractivity contribution in [2.75, 3.05) is 19.3 Å². The fourth-order valence-electron chi connectivity index (χ4n) is 2.91. The third-order valence-electron chi connectivity index (χ3n) is 4.37. The fourth-order valence-corrected chi connectivity index (χ4v) is 3.95. The molecule has 0 aliphatic heterocycles. The van der Waals surface area contributed by atoms with Crippen LogP contribution in [0.4, 0.5) is 0 Å². The summed E-state index contributed by atoms with van der Waals surface area (Å²) >= 11 is 0. The summed E-state index contributed by atoms with van der Waals surface area (Å²) in [4.78, 5) is 4.28. The number of halogens is 1. The number of benzene rings is 1. The van der Waals surface area contributed by atoms with Gasteiger partial charge in [0, 0.05) is 41.9 Å². The van der Waals surface area contributed by atoms with Crippen molar-refractivity contribution in [2.45, 2.75) is 44.4 Å². The van der Waals surface area contributed by atoms with Gasteiger partial charge in [-0.2, -0.15) is 0 Å². The van der Waals surface area contributed by atoms with Crippen LogP contribution in [0.3, 0.4) is 0 Å². The second kappa shape index (κ2) is 11.8. The molecule has 0 radical (unpaired) electrons. The van der Waals surface area contributed by atoms with Crippen molar-refractivity contribution in [3.8, 4) is 0 Å². The zero-order valence-electron chi connectivity index (χ0n) is 14.7.